The fourth-order valence-corrected chi connectivity index (χ4v) is 3.45. The third-order valence-electron chi connectivity index (χ3n) is 3.30. The molecule has 1 aromatic rings. The molecule has 0 saturated carbocycles. The van der Waals surface area contributed by atoms with Gasteiger partial charge in [0.05, 0.1) is 0 Å². The van der Waals surface area contributed by atoms with Crippen molar-refractivity contribution >= 4 is 17.6 Å². The molecule has 1 aliphatic rings. The van der Waals surface area contributed by atoms with Gasteiger partial charge in [-0.15, -0.1) is 0 Å². The molecule has 0 radical (unpaired) electrons. The molecule has 1 aromatic heterocycles. The van der Waals surface area contributed by atoms with Crippen molar-refractivity contribution in [2.45, 2.75) is 19.0 Å². The predicted octanol–water partition coefficient (Wildman–Crippen LogP) is 1.02. The highest BCUT2D eigenvalue weighted by atomic mass is 32.2. The van der Waals surface area contributed by atoms with Crippen molar-refractivity contribution < 1.29 is 0 Å². The van der Waals surface area contributed by atoms with Gasteiger partial charge in [0.2, 0.25) is 0 Å². The normalized spacial score (nSPS) is 23.6. The Kier molecular flexibility index (Phi) is 3.91. The zero-order chi connectivity index (χ0) is 12.4. The highest BCUT2D eigenvalue weighted by Crippen LogP contribution is 2.27. The third kappa shape index (κ3) is 2.73. The minimum absolute atomic E-state index is 0.0554. The Morgan fingerprint density at radius 2 is 2.35 bits per heavy atom. The minimum Gasteiger partial charge on any atom is -0.383 e. The first kappa shape index (κ1) is 12.7. The van der Waals surface area contributed by atoms with E-state index in [0.29, 0.717) is 11.9 Å². The molecule has 94 valence electrons. The lowest BCUT2D eigenvalue weighted by Gasteiger charge is -2.36. The lowest BCUT2D eigenvalue weighted by Crippen LogP contribution is -2.46. The van der Waals surface area contributed by atoms with Gasteiger partial charge in [0.15, 0.2) is 0 Å². The van der Waals surface area contributed by atoms with E-state index in [2.05, 4.69) is 23.0 Å². The fraction of sp³-hybridized carbons (Fsp3) is 0.583. The second-order valence-corrected chi connectivity index (χ2v) is 5.79. The molecule has 1 fully saturated rings. The van der Waals surface area contributed by atoms with Crippen LogP contribution >= 0.6 is 11.8 Å². The van der Waals surface area contributed by atoms with Crippen molar-refractivity contribution in [3.63, 3.8) is 0 Å². The van der Waals surface area contributed by atoms with Crippen LogP contribution in [0.4, 0.5) is 5.82 Å². The number of hydrogen-bond donors (Lipinski definition) is 2. The van der Waals surface area contributed by atoms with Gasteiger partial charge in [-0.05, 0) is 25.6 Å². The molecule has 0 aliphatic carbocycles. The van der Waals surface area contributed by atoms with E-state index in [1.807, 2.05) is 18.7 Å². The first-order valence-corrected chi connectivity index (χ1v) is 7.00. The van der Waals surface area contributed by atoms with Crippen LogP contribution in [0.5, 0.6) is 0 Å². The van der Waals surface area contributed by atoms with Gasteiger partial charge < -0.3 is 11.5 Å². The van der Waals surface area contributed by atoms with Crippen molar-refractivity contribution in [3.05, 3.63) is 23.4 Å². The van der Waals surface area contributed by atoms with Crippen molar-refractivity contribution in [2.75, 3.05) is 30.8 Å². The highest BCUT2D eigenvalue weighted by molar-refractivity contribution is 7.99. The van der Waals surface area contributed by atoms with Crippen LogP contribution in [0.1, 0.15) is 17.2 Å². The highest BCUT2D eigenvalue weighted by Gasteiger charge is 2.27. The Hall–Kier alpha value is -0.780. The van der Waals surface area contributed by atoms with Gasteiger partial charge in [0.1, 0.15) is 5.82 Å². The Morgan fingerprint density at radius 3 is 3.06 bits per heavy atom. The summed E-state index contributed by atoms with van der Waals surface area (Å²) in [5.74, 6) is 2.80. The third-order valence-corrected chi connectivity index (χ3v) is 4.35. The van der Waals surface area contributed by atoms with E-state index in [0.717, 1.165) is 23.4 Å². The number of likely N-dealkylation sites (N-methyl/N-ethyl adjacent to an activating group) is 1. The van der Waals surface area contributed by atoms with Crippen LogP contribution in [0, 0.1) is 6.92 Å². The molecule has 2 rings (SSSR count). The molecule has 1 aliphatic heterocycles. The van der Waals surface area contributed by atoms with Crippen LogP contribution in [-0.4, -0.2) is 41.0 Å². The van der Waals surface area contributed by atoms with Crippen molar-refractivity contribution in [1.29, 1.82) is 0 Å². The molecule has 4 nitrogen and oxygen atoms in total. The number of nitrogen functional groups attached to an aromatic ring is 1. The van der Waals surface area contributed by atoms with Crippen LogP contribution in [0.25, 0.3) is 0 Å². The molecule has 0 spiro atoms. The average molecular weight is 252 g/mol. The van der Waals surface area contributed by atoms with Gasteiger partial charge in [-0.1, -0.05) is 0 Å². The summed E-state index contributed by atoms with van der Waals surface area (Å²) in [6.07, 6.45) is 1.78. The van der Waals surface area contributed by atoms with Gasteiger partial charge in [-0.25, -0.2) is 4.98 Å². The zero-order valence-corrected chi connectivity index (χ0v) is 11.2. The second kappa shape index (κ2) is 5.25. The summed E-state index contributed by atoms with van der Waals surface area (Å²) in [7, 11) is 2.13. The quantitative estimate of drug-likeness (QED) is 0.822. The molecule has 1 saturated heterocycles. The molecule has 0 amide bonds. The van der Waals surface area contributed by atoms with E-state index in [4.69, 9.17) is 11.5 Å². The minimum atomic E-state index is -0.0554. The lowest BCUT2D eigenvalue weighted by molar-refractivity contribution is 0.237. The molecular weight excluding hydrogens is 232 g/mol. The van der Waals surface area contributed by atoms with E-state index in [9.17, 15) is 0 Å². The summed E-state index contributed by atoms with van der Waals surface area (Å²) in [4.78, 5) is 6.51. The average Bonchev–Trinajstić information content (AvgIpc) is 2.32. The summed E-state index contributed by atoms with van der Waals surface area (Å²) >= 11 is 1.96. The van der Waals surface area contributed by atoms with Crippen LogP contribution in [0.15, 0.2) is 12.3 Å². The number of pyridine rings is 1. The van der Waals surface area contributed by atoms with E-state index in [1.54, 1.807) is 6.20 Å². The maximum Gasteiger partial charge on any atom is 0.128 e. The lowest BCUT2D eigenvalue weighted by atomic mass is 9.99. The number of nitrogens with zero attached hydrogens (tertiary/aromatic N) is 2. The molecule has 2 atom stereocenters. The van der Waals surface area contributed by atoms with Crippen LogP contribution in [-0.2, 0) is 0 Å². The maximum absolute atomic E-state index is 6.35. The Bertz CT molecular complexity index is 396. The van der Waals surface area contributed by atoms with Crippen LogP contribution in [0.3, 0.4) is 0 Å². The van der Waals surface area contributed by atoms with Crippen LogP contribution in [0.2, 0.25) is 0 Å². The summed E-state index contributed by atoms with van der Waals surface area (Å²) < 4.78 is 0. The summed E-state index contributed by atoms with van der Waals surface area (Å²) in [5.41, 5.74) is 14.4. The fourth-order valence-electron chi connectivity index (χ4n) is 2.16. The Morgan fingerprint density at radius 1 is 1.59 bits per heavy atom. The number of aromatic nitrogens is 1. The van der Waals surface area contributed by atoms with Crippen LogP contribution < -0.4 is 11.5 Å². The number of anilines is 1. The smallest absolute Gasteiger partial charge is 0.128 e. The number of rotatable bonds is 2. The molecule has 2 unspecified atom stereocenters. The molecule has 4 N–H and O–H groups in total. The maximum atomic E-state index is 6.35. The number of thioether (sulfide) groups is 1. The predicted molar refractivity (Wildman–Crippen MR) is 74.1 cm³/mol. The van der Waals surface area contributed by atoms with E-state index < -0.39 is 0 Å². The Balaban J connectivity index is 2.23. The number of aryl methyl sites for hydroxylation is 1. The zero-order valence-electron chi connectivity index (χ0n) is 10.4. The molecule has 0 bridgehead atoms. The van der Waals surface area contributed by atoms with Crippen molar-refractivity contribution in [2.24, 2.45) is 5.73 Å². The summed E-state index contributed by atoms with van der Waals surface area (Å²) in [6, 6.07) is 2.35. The summed E-state index contributed by atoms with van der Waals surface area (Å²) in [6.45, 7) is 3.10. The van der Waals surface area contributed by atoms with Crippen molar-refractivity contribution in [3.8, 4) is 0 Å². The number of hydrogen-bond acceptors (Lipinski definition) is 5. The van der Waals surface area contributed by atoms with Gasteiger partial charge in [0.25, 0.3) is 0 Å². The monoisotopic (exact) mass is 252 g/mol. The van der Waals surface area contributed by atoms with Gasteiger partial charge >= 0.3 is 0 Å². The van der Waals surface area contributed by atoms with Gasteiger partial charge in [-0.2, -0.15) is 11.8 Å². The van der Waals surface area contributed by atoms with Gasteiger partial charge in [0, 0.05) is 41.9 Å². The molecule has 0 aromatic carbocycles. The Labute approximate surface area is 107 Å². The number of nitrogens with two attached hydrogens (primary N) is 2. The van der Waals surface area contributed by atoms with Crippen molar-refractivity contribution in [1.82, 2.24) is 9.88 Å². The van der Waals surface area contributed by atoms with E-state index in [1.165, 1.54) is 5.75 Å². The first-order valence-electron chi connectivity index (χ1n) is 5.85. The molecule has 17 heavy (non-hydrogen) atoms. The topological polar surface area (TPSA) is 68.2 Å². The first-order chi connectivity index (χ1) is 8.09. The second-order valence-electron chi connectivity index (χ2n) is 4.64. The summed E-state index contributed by atoms with van der Waals surface area (Å²) in [5, 5.41) is 0. The largest absolute Gasteiger partial charge is 0.383 e. The van der Waals surface area contributed by atoms with E-state index >= 15 is 0 Å². The molecule has 5 heteroatoms. The van der Waals surface area contributed by atoms with Gasteiger partial charge in [-0.3, -0.25) is 4.90 Å². The van der Waals surface area contributed by atoms with E-state index in [-0.39, 0.29) is 6.04 Å². The molecule has 2 heterocycles. The standard InChI is InChI=1S/C12H20N4S/c1-8-5-9(12(14)15-6-8)11(13)10-7-17-4-3-16(10)2/h5-6,10-11H,3-4,7,13H2,1-2H3,(H2,14,15). The SMILES string of the molecule is Cc1cnc(N)c(C(N)C2CSCCN2C)c1. The molecular formula is C12H20N4S.